The number of aliphatic imine (C=N–C) groups is 1. The van der Waals surface area contributed by atoms with Gasteiger partial charge in [-0.1, -0.05) is 30.3 Å². The summed E-state index contributed by atoms with van der Waals surface area (Å²) in [6.45, 7) is 5.77. The van der Waals surface area contributed by atoms with Gasteiger partial charge in [0, 0.05) is 32.9 Å². The van der Waals surface area contributed by atoms with Crippen molar-refractivity contribution in [3.63, 3.8) is 0 Å². The molecule has 0 atom stereocenters. The lowest BCUT2D eigenvalue weighted by Gasteiger charge is -2.12. The standard InChI is InChI=1S/C17H25N5.HI/c1-13-16(14(2)22(4)21-13)10-11-19-17(18-3)20-12-15-8-6-5-7-9-15;/h5-9H,10-12H2,1-4H3,(H2,18,19,20);1H. The van der Waals surface area contributed by atoms with Crippen molar-refractivity contribution in [1.29, 1.82) is 0 Å². The fourth-order valence-electron chi connectivity index (χ4n) is 2.49. The van der Waals surface area contributed by atoms with Crippen molar-refractivity contribution in [2.75, 3.05) is 13.6 Å². The Morgan fingerprint density at radius 3 is 2.43 bits per heavy atom. The van der Waals surface area contributed by atoms with Crippen LogP contribution in [0.4, 0.5) is 0 Å². The number of hydrogen-bond donors (Lipinski definition) is 2. The molecule has 2 N–H and O–H groups in total. The van der Waals surface area contributed by atoms with Crippen molar-refractivity contribution in [2.45, 2.75) is 26.8 Å². The number of nitrogens with one attached hydrogen (secondary N) is 2. The second kappa shape index (κ2) is 9.54. The average Bonchev–Trinajstić information content (AvgIpc) is 2.77. The van der Waals surface area contributed by atoms with Gasteiger partial charge in [-0.2, -0.15) is 5.10 Å². The van der Waals surface area contributed by atoms with Gasteiger partial charge in [-0.15, -0.1) is 24.0 Å². The fraction of sp³-hybridized carbons (Fsp3) is 0.412. The zero-order valence-electron chi connectivity index (χ0n) is 14.3. The third-order valence-electron chi connectivity index (χ3n) is 3.85. The van der Waals surface area contributed by atoms with Crippen molar-refractivity contribution >= 4 is 29.9 Å². The summed E-state index contributed by atoms with van der Waals surface area (Å²) in [6, 6.07) is 10.3. The van der Waals surface area contributed by atoms with Crippen LogP contribution in [0.15, 0.2) is 35.3 Å². The Bertz CT molecular complexity index is 634. The van der Waals surface area contributed by atoms with Gasteiger partial charge in [0.15, 0.2) is 5.96 Å². The highest BCUT2D eigenvalue weighted by atomic mass is 127. The number of aromatic nitrogens is 2. The van der Waals surface area contributed by atoms with E-state index in [0.29, 0.717) is 0 Å². The first kappa shape index (κ1) is 19.5. The molecular weight excluding hydrogens is 401 g/mol. The Morgan fingerprint density at radius 1 is 1.17 bits per heavy atom. The van der Waals surface area contributed by atoms with Crippen LogP contribution in [0.3, 0.4) is 0 Å². The Labute approximate surface area is 155 Å². The molecule has 2 aromatic rings. The summed E-state index contributed by atoms with van der Waals surface area (Å²) in [7, 11) is 3.78. The van der Waals surface area contributed by atoms with Gasteiger partial charge in [-0.05, 0) is 31.4 Å². The largest absolute Gasteiger partial charge is 0.356 e. The topological polar surface area (TPSA) is 54.2 Å². The van der Waals surface area contributed by atoms with E-state index in [9.17, 15) is 0 Å². The fourth-order valence-corrected chi connectivity index (χ4v) is 2.49. The Kier molecular flexibility index (Phi) is 8.08. The molecule has 0 bridgehead atoms. The molecule has 2 rings (SSSR count). The first-order valence-corrected chi connectivity index (χ1v) is 7.59. The quantitative estimate of drug-likeness (QED) is 0.438. The van der Waals surface area contributed by atoms with E-state index in [2.05, 4.69) is 46.7 Å². The van der Waals surface area contributed by atoms with Gasteiger partial charge in [0.1, 0.15) is 0 Å². The molecule has 0 fully saturated rings. The van der Waals surface area contributed by atoms with Gasteiger partial charge in [-0.25, -0.2) is 0 Å². The summed E-state index contributed by atoms with van der Waals surface area (Å²) in [5.41, 5.74) is 4.89. The van der Waals surface area contributed by atoms with Gasteiger partial charge < -0.3 is 10.6 Å². The van der Waals surface area contributed by atoms with Crippen LogP contribution in [-0.2, 0) is 20.0 Å². The van der Waals surface area contributed by atoms with E-state index in [0.717, 1.165) is 31.2 Å². The first-order chi connectivity index (χ1) is 10.6. The molecule has 1 aromatic heterocycles. The monoisotopic (exact) mass is 427 g/mol. The van der Waals surface area contributed by atoms with E-state index in [4.69, 9.17) is 0 Å². The number of benzene rings is 1. The number of nitrogens with zero attached hydrogens (tertiary/aromatic N) is 3. The van der Waals surface area contributed by atoms with Crippen LogP contribution in [0.5, 0.6) is 0 Å². The predicted molar refractivity (Wildman–Crippen MR) is 106 cm³/mol. The highest BCUT2D eigenvalue weighted by Crippen LogP contribution is 2.11. The second-order valence-corrected chi connectivity index (χ2v) is 5.36. The molecular formula is C17H26IN5. The van der Waals surface area contributed by atoms with Gasteiger partial charge in [0.25, 0.3) is 0 Å². The number of hydrogen-bond acceptors (Lipinski definition) is 2. The van der Waals surface area contributed by atoms with Crippen LogP contribution >= 0.6 is 24.0 Å². The predicted octanol–water partition coefficient (Wildman–Crippen LogP) is 2.56. The van der Waals surface area contributed by atoms with Crippen LogP contribution < -0.4 is 10.6 Å². The summed E-state index contributed by atoms with van der Waals surface area (Å²) >= 11 is 0. The Morgan fingerprint density at radius 2 is 1.87 bits per heavy atom. The van der Waals surface area contributed by atoms with Crippen molar-refractivity contribution in [3.8, 4) is 0 Å². The van der Waals surface area contributed by atoms with Crippen LogP contribution in [0, 0.1) is 13.8 Å². The van der Waals surface area contributed by atoms with Crippen LogP contribution in [0.2, 0.25) is 0 Å². The molecule has 0 amide bonds. The molecule has 0 saturated heterocycles. The molecule has 5 nitrogen and oxygen atoms in total. The normalized spacial score (nSPS) is 11.0. The zero-order chi connectivity index (χ0) is 15.9. The minimum Gasteiger partial charge on any atom is -0.356 e. The third-order valence-corrected chi connectivity index (χ3v) is 3.85. The zero-order valence-corrected chi connectivity index (χ0v) is 16.6. The number of halogens is 1. The lowest BCUT2D eigenvalue weighted by molar-refractivity contribution is 0.729. The maximum atomic E-state index is 4.45. The van der Waals surface area contributed by atoms with E-state index in [1.807, 2.05) is 29.9 Å². The van der Waals surface area contributed by atoms with E-state index < -0.39 is 0 Å². The molecule has 6 heteroatoms. The van der Waals surface area contributed by atoms with Gasteiger partial charge in [-0.3, -0.25) is 9.67 Å². The lowest BCUT2D eigenvalue weighted by Crippen LogP contribution is -2.37. The molecule has 1 aromatic carbocycles. The van der Waals surface area contributed by atoms with Gasteiger partial charge in [0.2, 0.25) is 0 Å². The van der Waals surface area contributed by atoms with E-state index >= 15 is 0 Å². The summed E-state index contributed by atoms with van der Waals surface area (Å²) < 4.78 is 1.94. The van der Waals surface area contributed by atoms with Crippen molar-refractivity contribution in [2.24, 2.45) is 12.0 Å². The SMILES string of the molecule is CN=C(NCCc1c(C)nn(C)c1C)NCc1ccccc1.I. The van der Waals surface area contributed by atoms with Crippen molar-refractivity contribution in [3.05, 3.63) is 52.8 Å². The van der Waals surface area contributed by atoms with Crippen LogP contribution in [0.1, 0.15) is 22.5 Å². The molecule has 1 heterocycles. The molecule has 0 saturated carbocycles. The summed E-state index contributed by atoms with van der Waals surface area (Å²) in [5, 5.41) is 11.1. The number of aryl methyl sites for hydroxylation is 2. The van der Waals surface area contributed by atoms with E-state index in [1.165, 1.54) is 16.8 Å². The first-order valence-electron chi connectivity index (χ1n) is 7.59. The third kappa shape index (κ3) is 5.53. The Hall–Kier alpha value is -1.57. The maximum Gasteiger partial charge on any atom is 0.191 e. The van der Waals surface area contributed by atoms with Gasteiger partial charge in [0.05, 0.1) is 5.69 Å². The smallest absolute Gasteiger partial charge is 0.191 e. The highest BCUT2D eigenvalue weighted by molar-refractivity contribution is 14.0. The molecule has 0 unspecified atom stereocenters. The second-order valence-electron chi connectivity index (χ2n) is 5.36. The number of rotatable bonds is 5. The molecule has 126 valence electrons. The minimum absolute atomic E-state index is 0. The van der Waals surface area contributed by atoms with Crippen LogP contribution in [0.25, 0.3) is 0 Å². The molecule has 23 heavy (non-hydrogen) atoms. The van der Waals surface area contributed by atoms with E-state index in [-0.39, 0.29) is 24.0 Å². The molecule has 0 spiro atoms. The summed E-state index contributed by atoms with van der Waals surface area (Å²) in [4.78, 5) is 4.26. The lowest BCUT2D eigenvalue weighted by atomic mass is 10.1. The molecule has 0 aliphatic heterocycles. The highest BCUT2D eigenvalue weighted by Gasteiger charge is 2.08. The van der Waals surface area contributed by atoms with Gasteiger partial charge >= 0.3 is 0 Å². The maximum absolute atomic E-state index is 4.45. The van der Waals surface area contributed by atoms with Crippen molar-refractivity contribution in [1.82, 2.24) is 20.4 Å². The summed E-state index contributed by atoms with van der Waals surface area (Å²) in [5.74, 6) is 0.822. The molecule has 0 aliphatic carbocycles. The van der Waals surface area contributed by atoms with E-state index in [1.54, 1.807) is 7.05 Å². The molecule has 0 aliphatic rings. The average molecular weight is 427 g/mol. The Balaban J connectivity index is 0.00000264. The summed E-state index contributed by atoms with van der Waals surface area (Å²) in [6.07, 6.45) is 0.942. The van der Waals surface area contributed by atoms with Crippen LogP contribution in [-0.4, -0.2) is 29.3 Å². The molecule has 0 radical (unpaired) electrons. The van der Waals surface area contributed by atoms with Crippen molar-refractivity contribution < 1.29 is 0 Å². The minimum atomic E-state index is 0. The number of guanidine groups is 1.